The van der Waals surface area contributed by atoms with Gasteiger partial charge in [-0.2, -0.15) is 0 Å². The molecule has 0 saturated carbocycles. The molecule has 5 aromatic rings. The molecule has 0 saturated heterocycles. The van der Waals surface area contributed by atoms with E-state index in [4.69, 9.17) is 9.15 Å². The number of hydrogen-bond acceptors (Lipinski definition) is 5. The van der Waals surface area contributed by atoms with Gasteiger partial charge in [0.05, 0.1) is 11.7 Å². The van der Waals surface area contributed by atoms with Crippen LogP contribution >= 0.6 is 0 Å². The standard InChI is InChI=1S/C27H21N3O4/c1-18(31)29-21-9-12-24-23(15-21)25(32)27(33-16-19-5-3-2-4-6-19)26(34-24)20-7-10-22(11-8-20)30-14-13-28-17-30/h2-15,17H,16H2,1H3,(H,29,31). The van der Waals surface area contributed by atoms with Crippen LogP contribution < -0.4 is 15.5 Å². The van der Waals surface area contributed by atoms with Gasteiger partial charge in [-0.1, -0.05) is 30.3 Å². The van der Waals surface area contributed by atoms with Crippen molar-refractivity contribution in [2.24, 2.45) is 0 Å². The molecule has 2 heterocycles. The van der Waals surface area contributed by atoms with Crippen LogP contribution in [0.25, 0.3) is 28.0 Å². The van der Waals surface area contributed by atoms with Gasteiger partial charge in [-0.05, 0) is 48.0 Å². The average Bonchev–Trinajstić information content (AvgIpc) is 3.39. The van der Waals surface area contributed by atoms with E-state index in [-0.39, 0.29) is 23.7 Å². The Kier molecular flexibility index (Phi) is 5.66. The first-order chi connectivity index (χ1) is 16.6. The minimum Gasteiger partial charge on any atom is -0.481 e. The molecule has 168 valence electrons. The summed E-state index contributed by atoms with van der Waals surface area (Å²) < 4.78 is 14.1. The smallest absolute Gasteiger partial charge is 0.235 e. The fraction of sp³-hybridized carbons (Fsp3) is 0.0741. The van der Waals surface area contributed by atoms with Crippen molar-refractivity contribution in [3.05, 3.63) is 107 Å². The quantitative estimate of drug-likeness (QED) is 0.384. The van der Waals surface area contributed by atoms with Gasteiger partial charge in [0.2, 0.25) is 17.1 Å². The van der Waals surface area contributed by atoms with Crippen LogP contribution in [-0.2, 0) is 11.4 Å². The largest absolute Gasteiger partial charge is 0.481 e. The summed E-state index contributed by atoms with van der Waals surface area (Å²) in [5.74, 6) is 0.239. The first-order valence-electron chi connectivity index (χ1n) is 10.7. The van der Waals surface area contributed by atoms with E-state index in [0.717, 1.165) is 11.3 Å². The lowest BCUT2D eigenvalue weighted by Gasteiger charge is -2.13. The second-order valence-corrected chi connectivity index (χ2v) is 7.77. The SMILES string of the molecule is CC(=O)Nc1ccc2oc(-c3ccc(-n4ccnc4)cc3)c(OCc3ccccc3)c(=O)c2c1. The molecule has 5 rings (SSSR count). The molecule has 0 radical (unpaired) electrons. The Morgan fingerprint density at radius 3 is 2.56 bits per heavy atom. The van der Waals surface area contributed by atoms with Crippen LogP contribution in [0.1, 0.15) is 12.5 Å². The average molecular weight is 451 g/mol. The fourth-order valence-corrected chi connectivity index (χ4v) is 3.71. The Morgan fingerprint density at radius 1 is 1.06 bits per heavy atom. The molecule has 0 spiro atoms. The first-order valence-corrected chi connectivity index (χ1v) is 10.7. The predicted octanol–water partition coefficient (Wildman–Crippen LogP) is 5.18. The topological polar surface area (TPSA) is 86.4 Å². The number of rotatable bonds is 6. The number of hydrogen-bond donors (Lipinski definition) is 1. The summed E-state index contributed by atoms with van der Waals surface area (Å²) in [5, 5.41) is 3.03. The minimum absolute atomic E-state index is 0.117. The number of carbonyl (C=O) groups excluding carboxylic acids is 1. The number of anilines is 1. The van der Waals surface area contributed by atoms with E-state index < -0.39 is 0 Å². The first kappa shape index (κ1) is 21.2. The molecule has 7 nitrogen and oxygen atoms in total. The van der Waals surface area contributed by atoms with E-state index in [1.807, 2.05) is 65.4 Å². The number of benzene rings is 3. The second-order valence-electron chi connectivity index (χ2n) is 7.77. The van der Waals surface area contributed by atoms with Crippen LogP contribution in [0, 0.1) is 0 Å². The van der Waals surface area contributed by atoms with Crippen molar-refractivity contribution in [2.45, 2.75) is 13.5 Å². The summed E-state index contributed by atoms with van der Waals surface area (Å²) in [4.78, 5) is 29.1. The van der Waals surface area contributed by atoms with Crippen molar-refractivity contribution in [2.75, 3.05) is 5.32 Å². The van der Waals surface area contributed by atoms with Crippen LogP contribution in [0.4, 0.5) is 5.69 Å². The van der Waals surface area contributed by atoms with Crippen molar-refractivity contribution >= 4 is 22.6 Å². The molecular weight excluding hydrogens is 430 g/mol. The summed E-state index contributed by atoms with van der Waals surface area (Å²) in [5.41, 5.74) is 3.17. The van der Waals surface area contributed by atoms with Crippen LogP contribution in [0.5, 0.6) is 5.75 Å². The third kappa shape index (κ3) is 4.31. The predicted molar refractivity (Wildman–Crippen MR) is 130 cm³/mol. The molecule has 0 aliphatic carbocycles. The maximum Gasteiger partial charge on any atom is 0.235 e. The van der Waals surface area contributed by atoms with Gasteiger partial charge >= 0.3 is 0 Å². The van der Waals surface area contributed by atoms with Crippen molar-refractivity contribution in [1.29, 1.82) is 0 Å². The maximum absolute atomic E-state index is 13.5. The molecule has 34 heavy (non-hydrogen) atoms. The molecule has 1 N–H and O–H groups in total. The van der Waals surface area contributed by atoms with Crippen molar-refractivity contribution in [1.82, 2.24) is 9.55 Å². The number of amides is 1. The summed E-state index contributed by atoms with van der Waals surface area (Å²) in [6, 6.07) is 22.2. The number of imidazole rings is 1. The van der Waals surface area contributed by atoms with Gasteiger partial charge in [-0.25, -0.2) is 4.98 Å². The van der Waals surface area contributed by atoms with Crippen molar-refractivity contribution < 1.29 is 13.9 Å². The van der Waals surface area contributed by atoms with Gasteiger partial charge in [0.1, 0.15) is 12.2 Å². The summed E-state index contributed by atoms with van der Waals surface area (Å²) >= 11 is 0. The summed E-state index contributed by atoms with van der Waals surface area (Å²) in [7, 11) is 0. The van der Waals surface area contributed by atoms with Crippen LogP contribution in [0.15, 0.2) is 101 Å². The summed E-state index contributed by atoms with van der Waals surface area (Å²) in [6.45, 7) is 1.63. The minimum atomic E-state index is -0.307. The van der Waals surface area contributed by atoms with Gasteiger partial charge in [0.15, 0.2) is 5.76 Å². The number of ether oxygens (including phenoxy) is 1. The highest BCUT2D eigenvalue weighted by atomic mass is 16.5. The van der Waals surface area contributed by atoms with Crippen molar-refractivity contribution in [3.8, 4) is 22.8 Å². The lowest BCUT2D eigenvalue weighted by Crippen LogP contribution is -2.11. The highest BCUT2D eigenvalue weighted by Crippen LogP contribution is 2.32. The summed E-state index contributed by atoms with van der Waals surface area (Å²) in [6.07, 6.45) is 5.28. The molecule has 0 bridgehead atoms. The molecule has 3 aromatic carbocycles. The Bertz CT molecular complexity index is 1510. The number of carbonyl (C=O) groups is 1. The zero-order valence-corrected chi connectivity index (χ0v) is 18.4. The fourth-order valence-electron chi connectivity index (χ4n) is 3.71. The molecule has 0 aliphatic heterocycles. The van der Waals surface area contributed by atoms with Crippen LogP contribution in [0.3, 0.4) is 0 Å². The molecule has 0 atom stereocenters. The van der Waals surface area contributed by atoms with Crippen LogP contribution in [0.2, 0.25) is 0 Å². The lowest BCUT2D eigenvalue weighted by molar-refractivity contribution is -0.114. The van der Waals surface area contributed by atoms with E-state index in [1.165, 1.54) is 6.92 Å². The van der Waals surface area contributed by atoms with E-state index in [1.54, 1.807) is 30.7 Å². The highest BCUT2D eigenvalue weighted by Gasteiger charge is 2.19. The van der Waals surface area contributed by atoms with Gasteiger partial charge < -0.3 is 19.0 Å². The van der Waals surface area contributed by atoms with Gasteiger partial charge in [0, 0.05) is 36.3 Å². The molecule has 0 unspecified atom stereocenters. The molecule has 0 aliphatic rings. The normalized spacial score (nSPS) is 10.9. The van der Waals surface area contributed by atoms with E-state index >= 15 is 0 Å². The molecular formula is C27H21N3O4. The number of nitrogens with zero attached hydrogens (tertiary/aromatic N) is 2. The Balaban J connectivity index is 1.61. The number of aromatic nitrogens is 2. The van der Waals surface area contributed by atoms with Gasteiger partial charge in [-0.3, -0.25) is 9.59 Å². The monoisotopic (exact) mass is 451 g/mol. The van der Waals surface area contributed by atoms with Crippen molar-refractivity contribution in [3.63, 3.8) is 0 Å². The van der Waals surface area contributed by atoms with Crippen LogP contribution in [-0.4, -0.2) is 15.5 Å². The zero-order chi connectivity index (χ0) is 23.5. The third-order valence-electron chi connectivity index (χ3n) is 5.33. The molecule has 2 aromatic heterocycles. The lowest BCUT2D eigenvalue weighted by atomic mass is 10.1. The molecule has 0 fully saturated rings. The number of nitrogens with one attached hydrogen (secondary N) is 1. The Hall–Kier alpha value is -4.65. The Morgan fingerprint density at radius 2 is 1.85 bits per heavy atom. The van der Waals surface area contributed by atoms with Gasteiger partial charge in [0.25, 0.3) is 0 Å². The zero-order valence-electron chi connectivity index (χ0n) is 18.4. The maximum atomic E-state index is 13.5. The molecule has 7 heteroatoms. The Labute approximate surface area is 195 Å². The highest BCUT2D eigenvalue weighted by molar-refractivity contribution is 5.92. The van der Waals surface area contributed by atoms with E-state index in [9.17, 15) is 9.59 Å². The third-order valence-corrected chi connectivity index (χ3v) is 5.33. The van der Waals surface area contributed by atoms with Gasteiger partial charge in [-0.15, -0.1) is 0 Å². The second kappa shape index (κ2) is 9.07. The van der Waals surface area contributed by atoms with E-state index in [0.29, 0.717) is 28.0 Å². The van der Waals surface area contributed by atoms with E-state index in [2.05, 4.69) is 10.3 Å². The molecule has 1 amide bonds. The number of fused-ring (bicyclic) bond motifs is 1.